The van der Waals surface area contributed by atoms with Crippen LogP contribution in [0.1, 0.15) is 19.8 Å². The molecular formula is C11H16N4S. The number of anilines is 1. The highest BCUT2D eigenvalue weighted by Crippen LogP contribution is 2.11. The summed E-state index contributed by atoms with van der Waals surface area (Å²) in [6, 6.07) is 1.98. The number of isothiocyanates is 1. The summed E-state index contributed by atoms with van der Waals surface area (Å²) >= 11 is 4.53. The zero-order valence-electron chi connectivity index (χ0n) is 9.46. The number of hydrogen-bond acceptors (Lipinski definition) is 5. The van der Waals surface area contributed by atoms with E-state index in [1.807, 2.05) is 6.07 Å². The first-order chi connectivity index (χ1) is 7.88. The highest BCUT2D eigenvalue weighted by atomic mass is 32.1. The van der Waals surface area contributed by atoms with Crippen LogP contribution >= 0.6 is 12.2 Å². The summed E-state index contributed by atoms with van der Waals surface area (Å²) < 4.78 is 0. The summed E-state index contributed by atoms with van der Waals surface area (Å²) in [5.74, 6) is 0. The Kier molecular flexibility index (Phi) is 6.30. The Balaban J connectivity index is 2.50. The molecule has 0 aromatic carbocycles. The molecule has 0 aliphatic carbocycles. The topological polar surface area (TPSA) is 41.4 Å². The highest BCUT2D eigenvalue weighted by Gasteiger charge is 2.04. The molecule has 0 aliphatic heterocycles. The number of rotatable bonds is 7. The second-order valence-electron chi connectivity index (χ2n) is 3.41. The molecule has 1 aromatic heterocycles. The van der Waals surface area contributed by atoms with E-state index in [0.717, 1.165) is 38.2 Å². The summed E-state index contributed by atoms with van der Waals surface area (Å²) in [4.78, 5) is 6.19. The minimum absolute atomic E-state index is 0.738. The third kappa shape index (κ3) is 4.47. The van der Waals surface area contributed by atoms with Crippen LogP contribution in [0.4, 0.5) is 5.69 Å². The molecule has 0 saturated carbocycles. The van der Waals surface area contributed by atoms with Gasteiger partial charge in [0.2, 0.25) is 0 Å². The second-order valence-corrected chi connectivity index (χ2v) is 3.60. The molecule has 16 heavy (non-hydrogen) atoms. The van der Waals surface area contributed by atoms with Gasteiger partial charge in [-0.25, -0.2) is 4.99 Å². The van der Waals surface area contributed by atoms with Crippen LogP contribution in [0, 0.1) is 0 Å². The average Bonchev–Trinajstić information content (AvgIpc) is 2.34. The Morgan fingerprint density at radius 1 is 1.44 bits per heavy atom. The normalized spacial score (nSPS) is 9.56. The molecule has 0 N–H and O–H groups in total. The number of hydrogen-bond donors (Lipinski definition) is 0. The Morgan fingerprint density at radius 3 is 2.94 bits per heavy atom. The van der Waals surface area contributed by atoms with Gasteiger partial charge in [-0.1, -0.05) is 6.92 Å². The first-order valence-electron chi connectivity index (χ1n) is 5.43. The molecule has 0 bridgehead atoms. The van der Waals surface area contributed by atoms with Crippen molar-refractivity contribution in [1.82, 2.24) is 10.2 Å². The molecule has 0 radical (unpaired) electrons. The molecule has 0 amide bonds. The molecule has 0 unspecified atom stereocenters. The Morgan fingerprint density at radius 2 is 2.31 bits per heavy atom. The molecule has 0 spiro atoms. The molecule has 1 aromatic rings. The van der Waals surface area contributed by atoms with Crippen molar-refractivity contribution in [1.29, 1.82) is 0 Å². The van der Waals surface area contributed by atoms with Crippen LogP contribution in [-0.2, 0) is 0 Å². The zero-order chi connectivity index (χ0) is 11.6. The van der Waals surface area contributed by atoms with Gasteiger partial charge in [0.25, 0.3) is 0 Å². The minimum Gasteiger partial charge on any atom is -0.370 e. The molecule has 0 fully saturated rings. The van der Waals surface area contributed by atoms with E-state index in [2.05, 4.69) is 44.4 Å². The number of thiocarbonyl (C=S) groups is 1. The van der Waals surface area contributed by atoms with Crippen molar-refractivity contribution in [2.75, 3.05) is 24.5 Å². The second kappa shape index (κ2) is 7.91. The lowest BCUT2D eigenvalue weighted by Crippen LogP contribution is -2.25. The lowest BCUT2D eigenvalue weighted by Gasteiger charge is -2.23. The Hall–Kier alpha value is -1.32. The summed E-state index contributed by atoms with van der Waals surface area (Å²) in [6.45, 7) is 4.88. The van der Waals surface area contributed by atoms with Gasteiger partial charge in [0.1, 0.15) is 0 Å². The maximum atomic E-state index is 4.53. The van der Waals surface area contributed by atoms with Gasteiger partial charge in [-0.2, -0.15) is 10.2 Å². The molecular weight excluding hydrogens is 220 g/mol. The van der Waals surface area contributed by atoms with Gasteiger partial charge in [-0.05, 0) is 31.1 Å². The Bertz CT molecular complexity index is 335. The molecule has 1 heterocycles. The van der Waals surface area contributed by atoms with Crippen LogP contribution in [0.15, 0.2) is 23.5 Å². The van der Waals surface area contributed by atoms with Crippen molar-refractivity contribution in [2.45, 2.75) is 19.8 Å². The highest BCUT2D eigenvalue weighted by molar-refractivity contribution is 7.78. The van der Waals surface area contributed by atoms with Crippen molar-refractivity contribution in [2.24, 2.45) is 4.99 Å². The minimum atomic E-state index is 0.738. The standard InChI is InChI=1S/C11H16N4S/c1-2-7-15(8-3-5-12-10-16)11-4-6-13-14-9-11/h4,6,9H,2-3,5,7-8H2,1H3. The summed E-state index contributed by atoms with van der Waals surface area (Å²) in [6.07, 6.45) is 5.59. The number of aromatic nitrogens is 2. The number of aliphatic imine (C=N–C) groups is 1. The van der Waals surface area contributed by atoms with Crippen LogP contribution in [-0.4, -0.2) is 35.0 Å². The molecule has 0 aliphatic rings. The van der Waals surface area contributed by atoms with Crippen LogP contribution < -0.4 is 4.90 Å². The smallest absolute Gasteiger partial charge is 0.0729 e. The molecule has 86 valence electrons. The Labute approximate surface area is 101 Å². The monoisotopic (exact) mass is 236 g/mol. The van der Waals surface area contributed by atoms with E-state index < -0.39 is 0 Å². The van der Waals surface area contributed by atoms with Crippen molar-refractivity contribution in [3.63, 3.8) is 0 Å². The quantitative estimate of drug-likeness (QED) is 0.413. The van der Waals surface area contributed by atoms with Gasteiger partial charge < -0.3 is 4.90 Å². The van der Waals surface area contributed by atoms with Gasteiger partial charge in [-0.3, -0.25) is 0 Å². The van der Waals surface area contributed by atoms with E-state index in [9.17, 15) is 0 Å². The SMILES string of the molecule is CCCN(CCCN=C=S)c1ccnnc1. The van der Waals surface area contributed by atoms with E-state index in [1.54, 1.807) is 12.4 Å². The van der Waals surface area contributed by atoms with Crippen molar-refractivity contribution < 1.29 is 0 Å². The largest absolute Gasteiger partial charge is 0.370 e. The fourth-order valence-corrected chi connectivity index (χ4v) is 1.59. The predicted octanol–water partition coefficient (Wildman–Crippen LogP) is 2.19. The van der Waals surface area contributed by atoms with Crippen molar-refractivity contribution >= 4 is 23.1 Å². The van der Waals surface area contributed by atoms with E-state index in [1.165, 1.54) is 0 Å². The van der Waals surface area contributed by atoms with Gasteiger partial charge in [0.15, 0.2) is 0 Å². The lowest BCUT2D eigenvalue weighted by molar-refractivity contribution is 0.719. The molecule has 4 nitrogen and oxygen atoms in total. The van der Waals surface area contributed by atoms with Gasteiger partial charge in [-0.15, -0.1) is 0 Å². The third-order valence-corrected chi connectivity index (χ3v) is 2.32. The molecule has 5 heteroatoms. The third-order valence-electron chi connectivity index (χ3n) is 2.19. The molecule has 0 saturated heterocycles. The maximum absolute atomic E-state index is 4.53. The van der Waals surface area contributed by atoms with Crippen LogP contribution in [0.3, 0.4) is 0 Å². The van der Waals surface area contributed by atoms with Crippen LogP contribution in [0.25, 0.3) is 0 Å². The summed E-state index contributed by atoms with van der Waals surface area (Å²) in [5.41, 5.74) is 1.11. The fraction of sp³-hybridized carbons (Fsp3) is 0.545. The van der Waals surface area contributed by atoms with Crippen LogP contribution in [0.2, 0.25) is 0 Å². The van der Waals surface area contributed by atoms with E-state index in [-0.39, 0.29) is 0 Å². The van der Waals surface area contributed by atoms with Gasteiger partial charge in [0, 0.05) is 13.1 Å². The lowest BCUT2D eigenvalue weighted by atomic mass is 10.3. The number of nitrogens with zero attached hydrogens (tertiary/aromatic N) is 4. The van der Waals surface area contributed by atoms with Crippen LogP contribution in [0.5, 0.6) is 0 Å². The first-order valence-corrected chi connectivity index (χ1v) is 5.84. The fourth-order valence-electron chi connectivity index (χ4n) is 1.50. The first kappa shape index (κ1) is 12.7. The van der Waals surface area contributed by atoms with Crippen molar-refractivity contribution in [3.8, 4) is 0 Å². The van der Waals surface area contributed by atoms with Gasteiger partial charge in [0.05, 0.1) is 29.8 Å². The van der Waals surface area contributed by atoms with E-state index >= 15 is 0 Å². The molecule has 0 atom stereocenters. The zero-order valence-corrected chi connectivity index (χ0v) is 10.3. The van der Waals surface area contributed by atoms with Gasteiger partial charge >= 0.3 is 0 Å². The maximum Gasteiger partial charge on any atom is 0.0729 e. The van der Waals surface area contributed by atoms with E-state index in [4.69, 9.17) is 0 Å². The predicted molar refractivity (Wildman–Crippen MR) is 69.0 cm³/mol. The molecule has 1 rings (SSSR count). The van der Waals surface area contributed by atoms with E-state index in [0.29, 0.717) is 0 Å². The summed E-state index contributed by atoms with van der Waals surface area (Å²) in [5, 5.41) is 10.0. The van der Waals surface area contributed by atoms with Crippen molar-refractivity contribution in [3.05, 3.63) is 18.5 Å². The average molecular weight is 236 g/mol. The summed E-state index contributed by atoms with van der Waals surface area (Å²) in [7, 11) is 0.